The van der Waals surface area contributed by atoms with Crippen molar-refractivity contribution in [3.8, 4) is 0 Å². The lowest BCUT2D eigenvalue weighted by Gasteiger charge is -2.06. The number of hydrogen-bond donors (Lipinski definition) is 1. The number of aromatic nitrogens is 2. The molecule has 0 aliphatic heterocycles. The molecule has 0 spiro atoms. The molecule has 0 bridgehead atoms. The van der Waals surface area contributed by atoms with Crippen LogP contribution >= 0.6 is 23.1 Å². The fourth-order valence-electron chi connectivity index (χ4n) is 1.21. The van der Waals surface area contributed by atoms with E-state index in [1.54, 1.807) is 11.6 Å². The fraction of sp³-hybridized carbons (Fsp3) is 0.182. The van der Waals surface area contributed by atoms with Crippen LogP contribution in [0.1, 0.15) is 5.56 Å². The van der Waals surface area contributed by atoms with Gasteiger partial charge in [0.15, 0.2) is 5.13 Å². The lowest BCUT2D eigenvalue weighted by molar-refractivity contribution is -0.137. The molecular weight excluding hydrogens is 311 g/mol. The first-order valence-electron chi connectivity index (χ1n) is 5.30. The van der Waals surface area contributed by atoms with Crippen LogP contribution in [0.25, 0.3) is 0 Å². The van der Waals surface area contributed by atoms with Crippen molar-refractivity contribution >= 4 is 34.1 Å². The second-order valence-electron chi connectivity index (χ2n) is 3.56. The minimum atomic E-state index is -4.40. The smallest absolute Gasteiger partial charge is 0.301 e. The molecule has 2 rings (SSSR count). The molecule has 2 aromatic rings. The Labute approximate surface area is 120 Å². The topological polar surface area (TPSA) is 54.9 Å². The van der Waals surface area contributed by atoms with Gasteiger partial charge in [-0.2, -0.15) is 13.2 Å². The van der Waals surface area contributed by atoms with Gasteiger partial charge < -0.3 is 5.32 Å². The van der Waals surface area contributed by atoms with Crippen LogP contribution in [0, 0.1) is 0 Å². The third-order valence-corrected chi connectivity index (χ3v) is 3.73. The zero-order valence-electron chi connectivity index (χ0n) is 9.85. The van der Waals surface area contributed by atoms with Crippen molar-refractivity contribution in [2.45, 2.75) is 11.2 Å². The van der Waals surface area contributed by atoms with Crippen LogP contribution < -0.4 is 5.32 Å². The van der Waals surface area contributed by atoms with Crippen molar-refractivity contribution in [2.24, 2.45) is 0 Å². The summed E-state index contributed by atoms with van der Waals surface area (Å²) in [6.07, 6.45) is -2.09. The van der Waals surface area contributed by atoms with E-state index >= 15 is 0 Å². The van der Waals surface area contributed by atoms with Gasteiger partial charge in [-0.1, -0.05) is 11.8 Å². The molecule has 0 aromatic carbocycles. The van der Waals surface area contributed by atoms with E-state index in [0.717, 1.165) is 24.0 Å². The van der Waals surface area contributed by atoms with Gasteiger partial charge in [-0.15, -0.1) is 11.3 Å². The summed E-state index contributed by atoms with van der Waals surface area (Å²) in [5, 5.41) is 5.13. The monoisotopic (exact) mass is 319 g/mol. The van der Waals surface area contributed by atoms with Crippen LogP contribution in [0.3, 0.4) is 0 Å². The highest BCUT2D eigenvalue weighted by molar-refractivity contribution is 7.99. The van der Waals surface area contributed by atoms with Gasteiger partial charge in [0.05, 0.1) is 16.3 Å². The van der Waals surface area contributed by atoms with Crippen molar-refractivity contribution in [3.05, 3.63) is 35.5 Å². The van der Waals surface area contributed by atoms with Crippen LogP contribution in [0.4, 0.5) is 18.3 Å². The number of thiazole rings is 1. The first kappa shape index (κ1) is 14.8. The van der Waals surface area contributed by atoms with Gasteiger partial charge >= 0.3 is 6.18 Å². The van der Waals surface area contributed by atoms with Crippen molar-refractivity contribution in [3.63, 3.8) is 0 Å². The van der Waals surface area contributed by atoms with Gasteiger partial charge in [-0.25, -0.2) is 9.97 Å². The molecule has 0 fully saturated rings. The normalized spacial score (nSPS) is 11.3. The van der Waals surface area contributed by atoms with E-state index in [1.165, 1.54) is 17.4 Å². The maximum absolute atomic E-state index is 12.3. The standard InChI is InChI=1S/C11H8F3N3OS2/c12-11(13,14)7-1-2-9(16-5-7)20-6-8(18)17-10-15-3-4-19-10/h1-5H,6H2,(H,15,17,18). The Morgan fingerprint density at radius 3 is 2.70 bits per heavy atom. The second-order valence-corrected chi connectivity index (χ2v) is 5.45. The molecule has 2 aromatic heterocycles. The second kappa shape index (κ2) is 6.23. The van der Waals surface area contributed by atoms with Gasteiger partial charge in [0.1, 0.15) is 0 Å². The lowest BCUT2D eigenvalue weighted by Crippen LogP contribution is -2.13. The number of alkyl halides is 3. The van der Waals surface area contributed by atoms with Gasteiger partial charge in [-0.3, -0.25) is 4.79 Å². The van der Waals surface area contributed by atoms with Crippen molar-refractivity contribution in [2.75, 3.05) is 11.1 Å². The highest BCUT2D eigenvalue weighted by Gasteiger charge is 2.30. The number of pyridine rings is 1. The Morgan fingerprint density at radius 2 is 2.15 bits per heavy atom. The Balaban J connectivity index is 1.86. The number of hydrogen-bond acceptors (Lipinski definition) is 5. The Morgan fingerprint density at radius 1 is 1.35 bits per heavy atom. The van der Waals surface area contributed by atoms with E-state index < -0.39 is 11.7 Å². The number of carbonyl (C=O) groups is 1. The molecule has 0 saturated heterocycles. The van der Waals surface area contributed by atoms with Crippen LogP contribution in [-0.4, -0.2) is 21.6 Å². The number of halogens is 3. The number of nitrogens with one attached hydrogen (secondary N) is 1. The molecule has 9 heteroatoms. The summed E-state index contributed by atoms with van der Waals surface area (Å²) in [7, 11) is 0. The van der Waals surface area contributed by atoms with Crippen molar-refractivity contribution < 1.29 is 18.0 Å². The predicted molar refractivity (Wildman–Crippen MR) is 70.7 cm³/mol. The maximum Gasteiger partial charge on any atom is 0.417 e. The molecule has 1 N–H and O–H groups in total. The molecule has 0 aliphatic carbocycles. The summed E-state index contributed by atoms with van der Waals surface area (Å²) >= 11 is 2.34. The van der Waals surface area contributed by atoms with Gasteiger partial charge in [0, 0.05) is 17.8 Å². The average Bonchev–Trinajstić information content (AvgIpc) is 2.88. The fourth-order valence-corrected chi connectivity index (χ4v) is 2.40. The number of rotatable bonds is 4. The number of anilines is 1. The zero-order chi connectivity index (χ0) is 14.6. The molecule has 106 valence electrons. The van der Waals surface area contributed by atoms with E-state index in [0.29, 0.717) is 10.2 Å². The summed E-state index contributed by atoms with van der Waals surface area (Å²) in [5.41, 5.74) is -0.811. The summed E-state index contributed by atoms with van der Waals surface area (Å²) in [5.74, 6) is -0.232. The predicted octanol–water partition coefficient (Wildman–Crippen LogP) is 3.29. The number of amides is 1. The number of carbonyl (C=O) groups excluding carboxylic acids is 1. The molecule has 0 unspecified atom stereocenters. The van der Waals surface area contributed by atoms with E-state index in [1.807, 2.05) is 0 Å². The first-order valence-corrected chi connectivity index (χ1v) is 7.17. The van der Waals surface area contributed by atoms with E-state index in [4.69, 9.17) is 0 Å². The quantitative estimate of drug-likeness (QED) is 0.879. The molecular formula is C11H8F3N3OS2. The minimum absolute atomic E-state index is 0.0535. The Kier molecular flexibility index (Phi) is 4.61. The van der Waals surface area contributed by atoms with Gasteiger partial charge in [0.25, 0.3) is 0 Å². The summed E-state index contributed by atoms with van der Waals surface area (Å²) in [6, 6.07) is 2.18. The summed E-state index contributed by atoms with van der Waals surface area (Å²) < 4.78 is 37.0. The summed E-state index contributed by atoms with van der Waals surface area (Å²) in [4.78, 5) is 19.1. The Bertz CT molecular complexity index is 570. The third-order valence-electron chi connectivity index (χ3n) is 2.09. The SMILES string of the molecule is O=C(CSc1ccc(C(F)(F)F)cn1)Nc1nccs1. The molecule has 0 saturated carbocycles. The molecule has 4 nitrogen and oxygen atoms in total. The van der Waals surface area contributed by atoms with Gasteiger partial charge in [-0.05, 0) is 12.1 Å². The molecule has 2 heterocycles. The van der Waals surface area contributed by atoms with Crippen molar-refractivity contribution in [1.29, 1.82) is 0 Å². The minimum Gasteiger partial charge on any atom is -0.301 e. The molecule has 1 amide bonds. The van der Waals surface area contributed by atoms with E-state index in [9.17, 15) is 18.0 Å². The maximum atomic E-state index is 12.3. The van der Waals surface area contributed by atoms with Crippen LogP contribution in [-0.2, 0) is 11.0 Å². The van der Waals surface area contributed by atoms with Crippen LogP contribution in [0.5, 0.6) is 0 Å². The highest BCUT2D eigenvalue weighted by Crippen LogP contribution is 2.29. The largest absolute Gasteiger partial charge is 0.417 e. The zero-order valence-corrected chi connectivity index (χ0v) is 11.5. The van der Waals surface area contributed by atoms with Gasteiger partial charge in [0.2, 0.25) is 5.91 Å². The molecule has 20 heavy (non-hydrogen) atoms. The Hall–Kier alpha value is -1.61. The molecule has 0 atom stereocenters. The lowest BCUT2D eigenvalue weighted by atomic mass is 10.3. The van der Waals surface area contributed by atoms with E-state index in [-0.39, 0.29) is 11.7 Å². The van der Waals surface area contributed by atoms with E-state index in [2.05, 4.69) is 15.3 Å². The third kappa shape index (κ3) is 4.20. The van der Waals surface area contributed by atoms with Crippen LogP contribution in [0.2, 0.25) is 0 Å². The molecule has 0 aliphatic rings. The van der Waals surface area contributed by atoms with Crippen LogP contribution in [0.15, 0.2) is 34.9 Å². The first-order chi connectivity index (χ1) is 9.45. The number of nitrogens with zero attached hydrogens (tertiary/aromatic N) is 2. The summed E-state index contributed by atoms with van der Waals surface area (Å²) in [6.45, 7) is 0. The average molecular weight is 319 g/mol. The number of thioether (sulfide) groups is 1. The van der Waals surface area contributed by atoms with Crippen molar-refractivity contribution in [1.82, 2.24) is 9.97 Å². The highest BCUT2D eigenvalue weighted by atomic mass is 32.2. The molecule has 0 radical (unpaired) electrons.